The minimum atomic E-state index is 0.578. The van der Waals surface area contributed by atoms with Crippen molar-refractivity contribution in [3.8, 4) is 11.1 Å². The number of halogens is 2. The van der Waals surface area contributed by atoms with Crippen LogP contribution < -0.4 is 5.32 Å². The van der Waals surface area contributed by atoms with Gasteiger partial charge in [-0.05, 0) is 12.1 Å². The monoisotopic (exact) mass is 253 g/mol. The van der Waals surface area contributed by atoms with Crippen LogP contribution in [0.3, 0.4) is 0 Å². The Hall–Kier alpha value is -1.32. The Kier molecular flexibility index (Phi) is 3.27. The second-order valence-corrected chi connectivity index (χ2v) is 4.01. The first-order chi connectivity index (χ1) is 7.70. The Morgan fingerprint density at radius 2 is 1.81 bits per heavy atom. The van der Waals surface area contributed by atoms with E-state index in [1.54, 1.807) is 31.6 Å². The molecule has 1 N–H and O–H groups in total. The summed E-state index contributed by atoms with van der Waals surface area (Å²) in [5.74, 6) is 0.578. The molecule has 0 radical (unpaired) electrons. The van der Waals surface area contributed by atoms with Gasteiger partial charge in [-0.15, -0.1) is 0 Å². The summed E-state index contributed by atoms with van der Waals surface area (Å²) < 4.78 is 0. The van der Waals surface area contributed by atoms with Crippen LogP contribution in [-0.2, 0) is 0 Å². The zero-order valence-electron chi connectivity index (χ0n) is 8.54. The molecule has 1 aromatic carbocycles. The third-order valence-electron chi connectivity index (χ3n) is 2.12. The van der Waals surface area contributed by atoms with Crippen molar-refractivity contribution in [2.24, 2.45) is 0 Å². The van der Waals surface area contributed by atoms with E-state index < -0.39 is 0 Å². The van der Waals surface area contributed by atoms with Gasteiger partial charge >= 0.3 is 0 Å². The quantitative estimate of drug-likeness (QED) is 0.891. The van der Waals surface area contributed by atoms with E-state index in [1.165, 1.54) is 0 Å². The van der Waals surface area contributed by atoms with Gasteiger partial charge < -0.3 is 5.32 Å². The number of hydrogen-bond acceptors (Lipinski definition) is 3. The lowest BCUT2D eigenvalue weighted by Crippen LogP contribution is -1.95. The molecule has 3 nitrogen and oxygen atoms in total. The van der Waals surface area contributed by atoms with Gasteiger partial charge in [-0.3, -0.25) is 0 Å². The highest BCUT2D eigenvalue weighted by Crippen LogP contribution is 2.29. The van der Waals surface area contributed by atoms with E-state index in [9.17, 15) is 0 Å². The highest BCUT2D eigenvalue weighted by atomic mass is 35.5. The van der Waals surface area contributed by atoms with E-state index in [-0.39, 0.29) is 0 Å². The highest BCUT2D eigenvalue weighted by molar-refractivity contribution is 6.36. The van der Waals surface area contributed by atoms with E-state index in [0.717, 1.165) is 11.1 Å². The van der Waals surface area contributed by atoms with Crippen LogP contribution >= 0.6 is 23.2 Å². The number of aromatic nitrogens is 2. The zero-order valence-corrected chi connectivity index (χ0v) is 10.0. The predicted octanol–water partition coefficient (Wildman–Crippen LogP) is 3.49. The Labute approximate surface area is 103 Å². The number of rotatable bonds is 2. The SMILES string of the molecule is CNc1ncc(-c2ccc(Cl)cc2Cl)cn1. The van der Waals surface area contributed by atoms with E-state index >= 15 is 0 Å². The summed E-state index contributed by atoms with van der Waals surface area (Å²) in [4.78, 5) is 8.25. The van der Waals surface area contributed by atoms with Crippen LogP contribution in [0.2, 0.25) is 10.0 Å². The summed E-state index contributed by atoms with van der Waals surface area (Å²) in [5, 5.41) is 4.06. The molecular weight excluding hydrogens is 245 g/mol. The first-order valence-electron chi connectivity index (χ1n) is 4.66. The van der Waals surface area contributed by atoms with Crippen LogP contribution in [-0.4, -0.2) is 17.0 Å². The van der Waals surface area contributed by atoms with E-state index in [0.29, 0.717) is 16.0 Å². The molecule has 1 aromatic heterocycles. The minimum absolute atomic E-state index is 0.578. The van der Waals surface area contributed by atoms with Crippen LogP contribution in [0.4, 0.5) is 5.95 Å². The van der Waals surface area contributed by atoms with Gasteiger partial charge in [-0.2, -0.15) is 0 Å². The fraction of sp³-hybridized carbons (Fsp3) is 0.0909. The topological polar surface area (TPSA) is 37.8 Å². The average molecular weight is 254 g/mol. The molecule has 1 heterocycles. The first kappa shape index (κ1) is 11.2. The Balaban J connectivity index is 2.42. The summed E-state index contributed by atoms with van der Waals surface area (Å²) in [6.45, 7) is 0. The summed E-state index contributed by atoms with van der Waals surface area (Å²) >= 11 is 11.9. The molecule has 2 rings (SSSR count). The lowest BCUT2D eigenvalue weighted by molar-refractivity contribution is 1.15. The zero-order chi connectivity index (χ0) is 11.5. The second-order valence-electron chi connectivity index (χ2n) is 3.17. The van der Waals surface area contributed by atoms with Crippen molar-refractivity contribution in [1.82, 2.24) is 9.97 Å². The molecular formula is C11H9Cl2N3. The van der Waals surface area contributed by atoms with E-state index in [2.05, 4.69) is 15.3 Å². The molecule has 0 aliphatic heterocycles. The maximum Gasteiger partial charge on any atom is 0.222 e. The molecule has 0 saturated carbocycles. The molecule has 0 saturated heterocycles. The standard InChI is InChI=1S/C11H9Cl2N3/c1-14-11-15-5-7(6-16-11)9-3-2-8(12)4-10(9)13/h2-6H,1H3,(H,14,15,16). The number of nitrogens with one attached hydrogen (secondary N) is 1. The van der Waals surface area contributed by atoms with Crippen molar-refractivity contribution in [2.75, 3.05) is 12.4 Å². The molecule has 82 valence electrons. The molecule has 0 aliphatic carbocycles. The smallest absolute Gasteiger partial charge is 0.222 e. The Morgan fingerprint density at radius 3 is 2.38 bits per heavy atom. The molecule has 0 atom stereocenters. The third-order valence-corrected chi connectivity index (χ3v) is 2.67. The summed E-state index contributed by atoms with van der Waals surface area (Å²) in [6, 6.07) is 5.33. The van der Waals surface area contributed by atoms with Gasteiger partial charge in [-0.1, -0.05) is 29.3 Å². The highest BCUT2D eigenvalue weighted by Gasteiger charge is 2.05. The maximum absolute atomic E-state index is 6.08. The normalized spacial score (nSPS) is 10.2. The van der Waals surface area contributed by atoms with Crippen LogP contribution in [0.1, 0.15) is 0 Å². The molecule has 0 bridgehead atoms. The van der Waals surface area contributed by atoms with Crippen molar-refractivity contribution in [3.05, 3.63) is 40.6 Å². The molecule has 0 fully saturated rings. The average Bonchev–Trinajstić information content (AvgIpc) is 2.29. The number of hydrogen-bond donors (Lipinski definition) is 1. The van der Waals surface area contributed by atoms with Gasteiger partial charge in [0.25, 0.3) is 0 Å². The first-order valence-corrected chi connectivity index (χ1v) is 5.41. The molecule has 0 amide bonds. The number of anilines is 1. The van der Waals surface area contributed by atoms with Crippen molar-refractivity contribution in [1.29, 1.82) is 0 Å². The molecule has 0 unspecified atom stereocenters. The largest absolute Gasteiger partial charge is 0.357 e. The Morgan fingerprint density at radius 1 is 1.12 bits per heavy atom. The van der Waals surface area contributed by atoms with Gasteiger partial charge in [0.1, 0.15) is 0 Å². The van der Waals surface area contributed by atoms with Crippen LogP contribution in [0.25, 0.3) is 11.1 Å². The maximum atomic E-state index is 6.08. The number of nitrogens with zero attached hydrogens (tertiary/aromatic N) is 2. The molecule has 0 aliphatic rings. The van der Waals surface area contributed by atoms with Crippen molar-refractivity contribution in [3.63, 3.8) is 0 Å². The van der Waals surface area contributed by atoms with Gasteiger partial charge in [0.15, 0.2) is 0 Å². The lowest BCUT2D eigenvalue weighted by atomic mass is 10.1. The summed E-state index contributed by atoms with van der Waals surface area (Å²) in [5.41, 5.74) is 1.73. The summed E-state index contributed by atoms with van der Waals surface area (Å²) in [7, 11) is 1.77. The van der Waals surface area contributed by atoms with Crippen LogP contribution in [0.5, 0.6) is 0 Å². The lowest BCUT2D eigenvalue weighted by Gasteiger charge is -2.04. The molecule has 0 spiro atoms. The van der Waals surface area contributed by atoms with Crippen LogP contribution in [0, 0.1) is 0 Å². The minimum Gasteiger partial charge on any atom is -0.357 e. The second kappa shape index (κ2) is 4.68. The van der Waals surface area contributed by atoms with Gasteiger partial charge in [0.2, 0.25) is 5.95 Å². The molecule has 16 heavy (non-hydrogen) atoms. The fourth-order valence-corrected chi connectivity index (χ4v) is 1.84. The number of benzene rings is 1. The predicted molar refractivity (Wildman–Crippen MR) is 67.0 cm³/mol. The fourth-order valence-electron chi connectivity index (χ4n) is 1.32. The van der Waals surface area contributed by atoms with E-state index in [4.69, 9.17) is 23.2 Å². The van der Waals surface area contributed by atoms with Crippen LogP contribution in [0.15, 0.2) is 30.6 Å². The summed E-state index contributed by atoms with van der Waals surface area (Å²) in [6.07, 6.45) is 3.43. The van der Waals surface area contributed by atoms with E-state index in [1.807, 2.05) is 6.07 Å². The van der Waals surface area contributed by atoms with Gasteiger partial charge in [0.05, 0.1) is 0 Å². The van der Waals surface area contributed by atoms with Gasteiger partial charge in [0, 0.05) is 40.6 Å². The van der Waals surface area contributed by atoms with Gasteiger partial charge in [-0.25, -0.2) is 9.97 Å². The molecule has 2 aromatic rings. The van der Waals surface area contributed by atoms with Crippen molar-refractivity contribution >= 4 is 29.2 Å². The molecule has 5 heteroatoms. The van der Waals surface area contributed by atoms with Crippen molar-refractivity contribution < 1.29 is 0 Å². The van der Waals surface area contributed by atoms with Crippen molar-refractivity contribution in [2.45, 2.75) is 0 Å². The Bertz CT molecular complexity index is 497. The third kappa shape index (κ3) is 2.26.